The number of anilines is 1. The lowest BCUT2D eigenvalue weighted by atomic mass is 10.1. The molecule has 4 amide bonds. The molecule has 0 aliphatic heterocycles. The van der Waals surface area contributed by atoms with Crippen LogP contribution in [-0.4, -0.2) is 119 Å². The second-order valence-corrected chi connectivity index (χ2v) is 16.0. The van der Waals surface area contributed by atoms with Crippen LogP contribution >= 0.6 is 0 Å². The molecule has 0 aliphatic rings. The van der Waals surface area contributed by atoms with E-state index in [9.17, 15) is 24.0 Å². The largest absolute Gasteiger partial charge is 0.491 e. The molecule has 0 fully saturated rings. The number of allylic oxidation sites excluding steroid dienone is 2. The molecule has 0 unspecified atom stereocenters. The zero-order valence-corrected chi connectivity index (χ0v) is 39.5. The average Bonchev–Trinajstić information content (AvgIpc) is 4.09. The summed E-state index contributed by atoms with van der Waals surface area (Å²) >= 11 is 0. The smallest absolute Gasteiger partial charge is 0.407 e. The van der Waals surface area contributed by atoms with Crippen LogP contribution < -0.4 is 31.6 Å². The standard InChI is InChI=1S/C47H55N13O10/c1-6-59-34(20-27(3)55-59)43-51-26-32-31-22-29(41(48)63)24-36(68-18-11-19-70-47(66)50-13-12-38(61)62)39(31)57(44(32)53-43)14-8-9-15-58-40-33(23-30(42(49)64)25-37(40)69-17-10-16-67-5)52-46(58)54-45(65)35-21-28(4)56-60(35)7-2/h8-9,20-26H,6-7,10-19H2,1-5H3,(H2,48,63)(H2,49,64)(H,50,66)(H,61,62)(H,52,54,65). The van der Waals surface area contributed by atoms with Gasteiger partial charge in [-0.3, -0.25) is 33.9 Å². The number of ether oxygens (including phenoxy) is 4. The summed E-state index contributed by atoms with van der Waals surface area (Å²) in [5.41, 5.74) is 16.4. The zero-order chi connectivity index (χ0) is 50.1. The van der Waals surface area contributed by atoms with Gasteiger partial charge in [0.05, 0.1) is 48.7 Å². The van der Waals surface area contributed by atoms with Gasteiger partial charge in [-0.2, -0.15) is 10.2 Å². The van der Waals surface area contributed by atoms with Crippen LogP contribution in [0.25, 0.3) is 44.5 Å². The highest BCUT2D eigenvalue weighted by molar-refractivity contribution is 6.12. The highest BCUT2D eigenvalue weighted by Gasteiger charge is 2.24. The van der Waals surface area contributed by atoms with Crippen LogP contribution in [0.5, 0.6) is 11.5 Å². The summed E-state index contributed by atoms with van der Waals surface area (Å²) < 4.78 is 30.0. The number of methoxy groups -OCH3 is 1. The molecule has 23 nitrogen and oxygen atoms in total. The number of aryl methyl sites for hydroxylation is 4. The first-order valence-corrected chi connectivity index (χ1v) is 22.6. The number of carboxylic acids is 1. The molecule has 0 bridgehead atoms. The van der Waals surface area contributed by atoms with Gasteiger partial charge in [0.25, 0.3) is 5.91 Å². The van der Waals surface area contributed by atoms with Gasteiger partial charge in [0.1, 0.15) is 34.1 Å². The molecule has 0 saturated heterocycles. The minimum Gasteiger partial charge on any atom is -0.491 e. The summed E-state index contributed by atoms with van der Waals surface area (Å²) in [6.45, 7) is 9.51. The zero-order valence-electron chi connectivity index (χ0n) is 39.5. The number of imidazole rings is 1. The Balaban J connectivity index is 1.29. The van der Waals surface area contributed by atoms with Crippen molar-refractivity contribution in [2.45, 2.75) is 73.1 Å². The molecule has 0 spiro atoms. The van der Waals surface area contributed by atoms with Crippen molar-refractivity contribution >= 4 is 68.7 Å². The van der Waals surface area contributed by atoms with Crippen LogP contribution in [0.3, 0.4) is 0 Å². The summed E-state index contributed by atoms with van der Waals surface area (Å²) in [7, 11) is 1.59. The number of hydrogen-bond donors (Lipinski definition) is 5. The lowest BCUT2D eigenvalue weighted by Crippen LogP contribution is -2.27. The molecule has 5 heterocycles. The molecule has 368 valence electrons. The highest BCUT2D eigenvalue weighted by Crippen LogP contribution is 2.37. The van der Waals surface area contributed by atoms with Gasteiger partial charge >= 0.3 is 12.1 Å². The van der Waals surface area contributed by atoms with Gasteiger partial charge < -0.3 is 50.0 Å². The number of amides is 4. The topological polar surface area (TPSA) is 303 Å². The predicted molar refractivity (Wildman–Crippen MR) is 257 cm³/mol. The van der Waals surface area contributed by atoms with E-state index in [1.54, 1.807) is 59.8 Å². The number of aromatic nitrogens is 9. The Hall–Kier alpha value is -8.34. The molecule has 0 saturated carbocycles. The lowest BCUT2D eigenvalue weighted by Gasteiger charge is -2.13. The third-order valence-electron chi connectivity index (χ3n) is 11.0. The number of carbonyl (C=O) groups is 5. The fourth-order valence-electron chi connectivity index (χ4n) is 7.85. The van der Waals surface area contributed by atoms with E-state index in [2.05, 4.69) is 20.8 Å². The highest BCUT2D eigenvalue weighted by atomic mass is 16.5. The number of alkyl carbamates (subject to hydrolysis) is 1. The monoisotopic (exact) mass is 961 g/mol. The summed E-state index contributed by atoms with van der Waals surface area (Å²) in [6.07, 6.45) is 5.23. The minimum atomic E-state index is -1.06. The maximum atomic E-state index is 13.9. The Morgan fingerprint density at radius 1 is 0.757 bits per heavy atom. The van der Waals surface area contributed by atoms with Crippen LogP contribution in [0, 0.1) is 13.8 Å². The minimum absolute atomic E-state index is 0.0420. The summed E-state index contributed by atoms with van der Waals surface area (Å²) in [4.78, 5) is 76.7. The number of aliphatic carboxylic acids is 1. The number of hydrogen-bond acceptors (Lipinski definition) is 14. The quantitative estimate of drug-likeness (QED) is 0.0404. The van der Waals surface area contributed by atoms with Crippen molar-refractivity contribution in [3.05, 3.63) is 83.0 Å². The van der Waals surface area contributed by atoms with Crippen molar-refractivity contribution in [2.75, 3.05) is 45.4 Å². The molecular weight excluding hydrogens is 907 g/mol. The van der Waals surface area contributed by atoms with Gasteiger partial charge in [-0.15, -0.1) is 0 Å². The third-order valence-corrected chi connectivity index (χ3v) is 11.0. The van der Waals surface area contributed by atoms with Gasteiger partial charge in [-0.25, -0.2) is 19.7 Å². The van der Waals surface area contributed by atoms with Crippen LogP contribution in [0.1, 0.15) is 75.7 Å². The molecule has 0 radical (unpaired) electrons. The number of fused-ring (bicyclic) bond motifs is 4. The second-order valence-electron chi connectivity index (χ2n) is 16.0. The molecule has 5 aromatic heterocycles. The van der Waals surface area contributed by atoms with Gasteiger partial charge in [-0.1, -0.05) is 12.2 Å². The fraction of sp³-hybridized carbons (Fsp3) is 0.362. The maximum absolute atomic E-state index is 13.9. The fourth-order valence-corrected chi connectivity index (χ4v) is 7.85. The van der Waals surface area contributed by atoms with Crippen molar-refractivity contribution in [2.24, 2.45) is 11.5 Å². The number of nitrogens with two attached hydrogens (primary N) is 2. The lowest BCUT2D eigenvalue weighted by molar-refractivity contribution is -0.136. The van der Waals surface area contributed by atoms with Gasteiger partial charge in [0, 0.05) is 87.4 Å². The molecule has 2 aromatic carbocycles. The first-order chi connectivity index (χ1) is 33.7. The Morgan fingerprint density at radius 3 is 2.07 bits per heavy atom. The number of benzene rings is 2. The van der Waals surface area contributed by atoms with Gasteiger partial charge in [0.2, 0.25) is 17.8 Å². The van der Waals surface area contributed by atoms with Crippen molar-refractivity contribution in [1.29, 1.82) is 0 Å². The van der Waals surface area contributed by atoms with E-state index in [4.69, 9.17) is 50.5 Å². The molecule has 7 aromatic rings. The van der Waals surface area contributed by atoms with Crippen molar-refractivity contribution in [3.8, 4) is 23.0 Å². The van der Waals surface area contributed by atoms with E-state index in [1.165, 1.54) is 0 Å². The number of carbonyl (C=O) groups excluding carboxylic acids is 4. The predicted octanol–water partition coefficient (Wildman–Crippen LogP) is 4.74. The summed E-state index contributed by atoms with van der Waals surface area (Å²) in [5.74, 6) is -1.68. The van der Waals surface area contributed by atoms with E-state index >= 15 is 0 Å². The number of primary amides is 2. The number of rotatable bonds is 24. The molecular formula is C47H55N13O10. The van der Waals surface area contributed by atoms with E-state index in [-0.39, 0.29) is 69.4 Å². The second kappa shape index (κ2) is 22.2. The third kappa shape index (κ3) is 11.2. The molecule has 7 rings (SSSR count). The van der Waals surface area contributed by atoms with E-state index in [1.807, 2.05) is 48.2 Å². The Morgan fingerprint density at radius 2 is 1.40 bits per heavy atom. The maximum Gasteiger partial charge on any atom is 0.407 e. The van der Waals surface area contributed by atoms with Crippen molar-refractivity contribution < 1.29 is 48.0 Å². The van der Waals surface area contributed by atoms with Crippen molar-refractivity contribution in [3.63, 3.8) is 0 Å². The Labute approximate surface area is 400 Å². The molecule has 7 N–H and O–H groups in total. The number of carboxylic acid groups (broad SMARTS) is 1. The Bertz CT molecular complexity index is 3130. The molecule has 0 aliphatic carbocycles. The number of nitrogens with one attached hydrogen (secondary N) is 2. The van der Waals surface area contributed by atoms with Crippen LogP contribution in [-0.2, 0) is 40.4 Å². The van der Waals surface area contributed by atoms with Crippen LogP contribution in [0.15, 0.2) is 54.7 Å². The van der Waals surface area contributed by atoms with Gasteiger partial charge in [-0.05, 0) is 64.1 Å². The number of nitrogens with zero attached hydrogens (tertiary/aromatic N) is 9. The van der Waals surface area contributed by atoms with Crippen molar-refractivity contribution in [1.82, 2.24) is 49.0 Å². The van der Waals surface area contributed by atoms with Crippen LogP contribution in [0.2, 0.25) is 0 Å². The Kier molecular flexibility index (Phi) is 15.7. The van der Waals surface area contributed by atoms with Gasteiger partial charge in [0.15, 0.2) is 5.82 Å². The van der Waals surface area contributed by atoms with E-state index in [0.29, 0.717) is 93.5 Å². The average molecular weight is 962 g/mol. The van der Waals surface area contributed by atoms with E-state index < -0.39 is 29.8 Å². The summed E-state index contributed by atoms with van der Waals surface area (Å²) in [5, 5.41) is 24.4. The first-order valence-electron chi connectivity index (χ1n) is 22.6. The first kappa shape index (κ1) is 49.6. The molecule has 0 atom stereocenters. The van der Waals surface area contributed by atoms with Crippen LogP contribution in [0.4, 0.5) is 10.7 Å². The molecule has 70 heavy (non-hydrogen) atoms. The summed E-state index contributed by atoms with van der Waals surface area (Å²) in [6, 6.07) is 9.88. The normalized spacial score (nSPS) is 11.5. The van der Waals surface area contributed by atoms with E-state index in [0.717, 1.165) is 5.69 Å². The SMILES string of the molecule is CCn1nc(C)cc1C(=O)Nc1nc2cc(C(N)=O)cc(OCCCOC)c2n1CC=CCn1c2nc(-c3cc(C)nn3CC)ncc2c2cc(C(N)=O)cc(OCCCOC(=O)NCCC(=O)O)c21. The molecule has 23 heteroatoms.